The van der Waals surface area contributed by atoms with E-state index >= 15 is 0 Å². The van der Waals surface area contributed by atoms with Crippen LogP contribution in [0.1, 0.15) is 66.2 Å². The lowest BCUT2D eigenvalue weighted by molar-refractivity contribution is -0.119. The van der Waals surface area contributed by atoms with Gasteiger partial charge in [-0.05, 0) is 30.6 Å². The van der Waals surface area contributed by atoms with Gasteiger partial charge in [-0.3, -0.25) is 4.79 Å². The van der Waals surface area contributed by atoms with Crippen LogP contribution < -0.4 is 5.32 Å². The van der Waals surface area contributed by atoms with Crippen molar-refractivity contribution in [2.75, 3.05) is 0 Å². The summed E-state index contributed by atoms with van der Waals surface area (Å²) >= 11 is 0. The summed E-state index contributed by atoms with van der Waals surface area (Å²) in [7, 11) is 0. The molecule has 1 fully saturated rings. The molecule has 1 N–H and O–H groups in total. The third kappa shape index (κ3) is 2.99. The van der Waals surface area contributed by atoms with Crippen molar-refractivity contribution in [2.45, 2.75) is 72.3 Å². The molecule has 2 atom stereocenters. The van der Waals surface area contributed by atoms with Crippen LogP contribution in [0.4, 0.5) is 0 Å². The molecule has 1 saturated heterocycles. The Labute approximate surface area is 100 Å². The summed E-state index contributed by atoms with van der Waals surface area (Å²) < 4.78 is 0. The first-order valence-electron chi connectivity index (χ1n) is 6.83. The van der Waals surface area contributed by atoms with Gasteiger partial charge in [0.15, 0.2) is 0 Å². The van der Waals surface area contributed by atoms with Crippen LogP contribution in [0.5, 0.6) is 0 Å². The maximum Gasteiger partial charge on any atom is 0.220 e. The smallest absolute Gasteiger partial charge is 0.220 e. The first kappa shape index (κ1) is 13.5. The van der Waals surface area contributed by atoms with E-state index in [1.54, 1.807) is 0 Å². The average molecular weight is 225 g/mol. The molecule has 0 spiro atoms. The lowest BCUT2D eigenvalue weighted by Gasteiger charge is -2.34. The summed E-state index contributed by atoms with van der Waals surface area (Å²) in [5, 5.41) is 3.20. The van der Waals surface area contributed by atoms with E-state index in [0.29, 0.717) is 12.0 Å². The molecule has 94 valence electrons. The van der Waals surface area contributed by atoms with E-state index in [-0.39, 0.29) is 11.3 Å². The molecule has 1 aliphatic heterocycles. The molecule has 0 aliphatic carbocycles. The number of rotatable bonds is 6. The summed E-state index contributed by atoms with van der Waals surface area (Å²) in [6.45, 7) is 8.95. The molecule has 2 heteroatoms. The van der Waals surface area contributed by atoms with Gasteiger partial charge in [-0.25, -0.2) is 0 Å². The number of hydrogen-bond donors (Lipinski definition) is 1. The summed E-state index contributed by atoms with van der Waals surface area (Å²) in [6, 6.07) is 0.413. The largest absolute Gasteiger partial charge is 0.353 e. The van der Waals surface area contributed by atoms with Crippen LogP contribution in [-0.4, -0.2) is 11.9 Å². The standard InChI is InChI=1S/C14H27NO/c1-5-7-8-14(6-2)10-13(16)15-12(14)9-11(3)4/h11-12H,5-10H2,1-4H3,(H,15,16). The Hall–Kier alpha value is -0.530. The van der Waals surface area contributed by atoms with Gasteiger partial charge in [-0.15, -0.1) is 0 Å². The Balaban J connectivity index is 2.73. The molecule has 1 rings (SSSR count). The van der Waals surface area contributed by atoms with Gasteiger partial charge in [0.05, 0.1) is 0 Å². The second-order valence-electron chi connectivity index (χ2n) is 5.75. The van der Waals surface area contributed by atoms with Crippen molar-refractivity contribution >= 4 is 5.91 Å². The molecule has 1 aliphatic rings. The zero-order valence-corrected chi connectivity index (χ0v) is 11.3. The van der Waals surface area contributed by atoms with Crippen molar-refractivity contribution in [3.05, 3.63) is 0 Å². The minimum atomic E-state index is 0.247. The maximum atomic E-state index is 11.7. The molecule has 0 radical (unpaired) electrons. The predicted octanol–water partition coefficient (Wildman–Crippen LogP) is 3.51. The fourth-order valence-corrected chi connectivity index (χ4v) is 2.96. The van der Waals surface area contributed by atoms with E-state index in [0.717, 1.165) is 19.3 Å². The Morgan fingerprint density at radius 2 is 2.12 bits per heavy atom. The van der Waals surface area contributed by atoms with Crippen LogP contribution in [0.15, 0.2) is 0 Å². The van der Waals surface area contributed by atoms with Crippen molar-refractivity contribution in [3.63, 3.8) is 0 Å². The van der Waals surface area contributed by atoms with Crippen LogP contribution in [0.2, 0.25) is 0 Å². The van der Waals surface area contributed by atoms with Crippen LogP contribution in [0.25, 0.3) is 0 Å². The minimum Gasteiger partial charge on any atom is -0.353 e. The molecule has 16 heavy (non-hydrogen) atoms. The van der Waals surface area contributed by atoms with Crippen LogP contribution in [0.3, 0.4) is 0 Å². The Morgan fingerprint density at radius 3 is 2.62 bits per heavy atom. The summed E-state index contributed by atoms with van der Waals surface area (Å²) in [6.07, 6.45) is 6.69. The molecular weight excluding hydrogens is 198 g/mol. The second-order valence-corrected chi connectivity index (χ2v) is 5.75. The highest BCUT2D eigenvalue weighted by Gasteiger charge is 2.44. The monoisotopic (exact) mass is 225 g/mol. The predicted molar refractivity (Wildman–Crippen MR) is 68.3 cm³/mol. The van der Waals surface area contributed by atoms with Gasteiger partial charge < -0.3 is 5.32 Å². The molecule has 0 aromatic rings. The molecule has 0 aromatic heterocycles. The number of carbonyl (C=O) groups excluding carboxylic acids is 1. The van der Waals surface area contributed by atoms with Gasteiger partial charge in [0.2, 0.25) is 5.91 Å². The normalized spacial score (nSPS) is 29.8. The SMILES string of the molecule is CCCCC1(CC)CC(=O)NC1CC(C)C. The van der Waals surface area contributed by atoms with Crippen molar-refractivity contribution in [1.82, 2.24) is 5.32 Å². The van der Waals surface area contributed by atoms with Gasteiger partial charge in [0.25, 0.3) is 0 Å². The molecular formula is C14H27NO. The Kier molecular flexibility index (Phi) is 4.82. The molecule has 0 aromatic carbocycles. The number of amides is 1. The van der Waals surface area contributed by atoms with Crippen molar-refractivity contribution < 1.29 is 4.79 Å². The topological polar surface area (TPSA) is 29.1 Å². The fourth-order valence-electron chi connectivity index (χ4n) is 2.96. The van der Waals surface area contributed by atoms with Crippen LogP contribution in [-0.2, 0) is 4.79 Å². The fraction of sp³-hybridized carbons (Fsp3) is 0.929. The van der Waals surface area contributed by atoms with E-state index in [1.807, 2.05) is 0 Å². The van der Waals surface area contributed by atoms with Gasteiger partial charge in [-0.2, -0.15) is 0 Å². The number of nitrogens with one attached hydrogen (secondary N) is 1. The van der Waals surface area contributed by atoms with Crippen LogP contribution >= 0.6 is 0 Å². The lowest BCUT2D eigenvalue weighted by Crippen LogP contribution is -2.38. The van der Waals surface area contributed by atoms with Gasteiger partial charge in [0.1, 0.15) is 0 Å². The summed E-state index contributed by atoms with van der Waals surface area (Å²) in [4.78, 5) is 11.7. The molecule has 2 unspecified atom stereocenters. The van der Waals surface area contributed by atoms with Gasteiger partial charge in [0, 0.05) is 12.5 Å². The minimum absolute atomic E-state index is 0.247. The molecule has 2 nitrogen and oxygen atoms in total. The molecule has 1 heterocycles. The Bertz CT molecular complexity index is 237. The third-order valence-corrected chi connectivity index (χ3v) is 4.03. The van der Waals surface area contributed by atoms with Gasteiger partial charge >= 0.3 is 0 Å². The first-order chi connectivity index (χ1) is 7.54. The second kappa shape index (κ2) is 5.70. The maximum absolute atomic E-state index is 11.7. The van der Waals surface area contributed by atoms with E-state index in [2.05, 4.69) is 33.0 Å². The van der Waals surface area contributed by atoms with E-state index in [9.17, 15) is 4.79 Å². The number of unbranched alkanes of at least 4 members (excludes halogenated alkanes) is 1. The van der Waals surface area contributed by atoms with E-state index in [4.69, 9.17) is 0 Å². The van der Waals surface area contributed by atoms with Gasteiger partial charge in [-0.1, -0.05) is 40.5 Å². The van der Waals surface area contributed by atoms with E-state index < -0.39 is 0 Å². The summed E-state index contributed by atoms with van der Waals surface area (Å²) in [5.74, 6) is 0.930. The molecule has 0 bridgehead atoms. The lowest BCUT2D eigenvalue weighted by atomic mass is 9.72. The average Bonchev–Trinajstić information content (AvgIpc) is 2.52. The quantitative estimate of drug-likeness (QED) is 0.736. The van der Waals surface area contributed by atoms with E-state index in [1.165, 1.54) is 19.3 Å². The molecule has 0 saturated carbocycles. The zero-order valence-electron chi connectivity index (χ0n) is 11.3. The highest BCUT2D eigenvalue weighted by molar-refractivity contribution is 5.80. The number of hydrogen-bond acceptors (Lipinski definition) is 1. The number of carbonyl (C=O) groups is 1. The third-order valence-electron chi connectivity index (χ3n) is 4.03. The van der Waals surface area contributed by atoms with Crippen LogP contribution in [0, 0.1) is 11.3 Å². The summed E-state index contributed by atoms with van der Waals surface area (Å²) in [5.41, 5.74) is 0.247. The van der Waals surface area contributed by atoms with Crippen molar-refractivity contribution in [3.8, 4) is 0 Å². The Morgan fingerprint density at radius 1 is 1.44 bits per heavy atom. The molecule has 1 amide bonds. The highest BCUT2D eigenvalue weighted by atomic mass is 16.2. The van der Waals surface area contributed by atoms with Crippen molar-refractivity contribution in [2.24, 2.45) is 11.3 Å². The highest BCUT2D eigenvalue weighted by Crippen LogP contribution is 2.42. The van der Waals surface area contributed by atoms with Crippen molar-refractivity contribution in [1.29, 1.82) is 0 Å². The first-order valence-corrected chi connectivity index (χ1v) is 6.83. The zero-order chi connectivity index (χ0) is 12.2.